The van der Waals surface area contributed by atoms with Crippen LogP contribution in [0.2, 0.25) is 0 Å². The van der Waals surface area contributed by atoms with E-state index in [1.54, 1.807) is 12.1 Å². The summed E-state index contributed by atoms with van der Waals surface area (Å²) < 4.78 is 39.1. The summed E-state index contributed by atoms with van der Waals surface area (Å²) >= 11 is 0. The van der Waals surface area contributed by atoms with Gasteiger partial charge in [0.2, 0.25) is 0 Å². The fourth-order valence-electron chi connectivity index (χ4n) is 3.20. The van der Waals surface area contributed by atoms with E-state index >= 15 is 0 Å². The number of hydrogen-bond acceptors (Lipinski definition) is 7. The predicted molar refractivity (Wildman–Crippen MR) is 103 cm³/mol. The molecule has 0 bridgehead atoms. The highest BCUT2D eigenvalue weighted by atomic mass is 32.2. The maximum atomic E-state index is 12.7. The molecule has 1 fully saturated rings. The number of methoxy groups -OCH3 is 2. The summed E-state index contributed by atoms with van der Waals surface area (Å²) in [6.45, 7) is 3.81. The van der Waals surface area contributed by atoms with Crippen molar-refractivity contribution in [3.8, 4) is 11.5 Å². The van der Waals surface area contributed by atoms with Crippen molar-refractivity contribution in [3.05, 3.63) is 23.8 Å². The first-order valence-electron chi connectivity index (χ1n) is 9.06. The fourth-order valence-corrected chi connectivity index (χ4v) is 4.94. The Kier molecular flexibility index (Phi) is 7.29. The van der Waals surface area contributed by atoms with Crippen molar-refractivity contribution in [2.24, 2.45) is 5.92 Å². The first-order chi connectivity index (χ1) is 13.2. The second-order valence-electron chi connectivity index (χ2n) is 7.11. The Bertz CT molecular complexity index is 820. The number of para-hydroxylation sites is 1. The van der Waals surface area contributed by atoms with Gasteiger partial charge in [0.15, 0.2) is 27.9 Å². The van der Waals surface area contributed by atoms with Crippen molar-refractivity contribution in [2.75, 3.05) is 38.9 Å². The van der Waals surface area contributed by atoms with Crippen molar-refractivity contribution in [1.29, 1.82) is 0 Å². The number of carbonyl (C=O) groups is 2. The van der Waals surface area contributed by atoms with Crippen LogP contribution in [0.4, 0.5) is 0 Å². The van der Waals surface area contributed by atoms with Gasteiger partial charge in [-0.05, 0) is 24.5 Å². The minimum atomic E-state index is -3.13. The van der Waals surface area contributed by atoms with E-state index in [0.29, 0.717) is 18.7 Å². The molecule has 1 saturated heterocycles. The normalized spacial score (nSPS) is 18.0. The van der Waals surface area contributed by atoms with E-state index in [1.807, 2.05) is 13.8 Å². The van der Waals surface area contributed by atoms with Gasteiger partial charge in [0.05, 0.1) is 25.7 Å². The van der Waals surface area contributed by atoms with Crippen molar-refractivity contribution >= 4 is 21.7 Å². The van der Waals surface area contributed by atoms with Gasteiger partial charge in [-0.1, -0.05) is 19.9 Å². The van der Waals surface area contributed by atoms with Crippen LogP contribution in [0.3, 0.4) is 0 Å². The molecule has 28 heavy (non-hydrogen) atoms. The van der Waals surface area contributed by atoms with Crippen LogP contribution < -0.4 is 9.47 Å². The van der Waals surface area contributed by atoms with Gasteiger partial charge >= 0.3 is 5.97 Å². The molecule has 9 heteroatoms. The highest BCUT2D eigenvalue weighted by Crippen LogP contribution is 2.31. The Hall–Kier alpha value is -2.29. The topological polar surface area (TPSA) is 99.2 Å². The third-order valence-corrected chi connectivity index (χ3v) is 6.23. The van der Waals surface area contributed by atoms with E-state index in [0.717, 1.165) is 0 Å². The Morgan fingerprint density at radius 1 is 1.21 bits per heavy atom. The van der Waals surface area contributed by atoms with Crippen molar-refractivity contribution in [1.82, 2.24) is 4.90 Å². The molecule has 1 atom stereocenters. The molecule has 0 aliphatic carbocycles. The van der Waals surface area contributed by atoms with E-state index in [-0.39, 0.29) is 34.8 Å². The lowest BCUT2D eigenvalue weighted by Gasteiger charge is -2.29. The van der Waals surface area contributed by atoms with Gasteiger partial charge in [-0.3, -0.25) is 4.79 Å². The lowest BCUT2D eigenvalue weighted by Crippen LogP contribution is -2.45. The van der Waals surface area contributed by atoms with Crippen LogP contribution in [0.5, 0.6) is 11.5 Å². The third kappa shape index (κ3) is 5.37. The predicted octanol–water partition coefficient (Wildman–Crippen LogP) is 1.53. The third-order valence-electron chi connectivity index (χ3n) is 4.48. The molecule has 0 spiro atoms. The number of rotatable bonds is 8. The largest absolute Gasteiger partial charge is 0.493 e. The molecule has 0 saturated carbocycles. The van der Waals surface area contributed by atoms with Crippen LogP contribution in [0.15, 0.2) is 18.2 Å². The average Bonchev–Trinajstić information content (AvgIpc) is 3.02. The van der Waals surface area contributed by atoms with Gasteiger partial charge in [0.1, 0.15) is 5.56 Å². The summed E-state index contributed by atoms with van der Waals surface area (Å²) in [4.78, 5) is 26.6. The number of nitrogens with zero attached hydrogens (tertiary/aromatic N) is 1. The number of esters is 1. The Morgan fingerprint density at radius 2 is 1.93 bits per heavy atom. The van der Waals surface area contributed by atoms with Crippen LogP contribution >= 0.6 is 0 Å². The second-order valence-corrected chi connectivity index (χ2v) is 9.34. The van der Waals surface area contributed by atoms with Crippen molar-refractivity contribution in [2.45, 2.75) is 26.3 Å². The minimum absolute atomic E-state index is 0.0525. The summed E-state index contributed by atoms with van der Waals surface area (Å²) in [5.41, 5.74) is 0.147. The number of amides is 1. The molecule has 1 aliphatic heterocycles. The zero-order chi connectivity index (χ0) is 20.9. The first kappa shape index (κ1) is 22.0. The molecule has 8 nitrogen and oxygen atoms in total. The molecule has 0 N–H and O–H groups in total. The van der Waals surface area contributed by atoms with E-state index in [4.69, 9.17) is 14.2 Å². The quantitative estimate of drug-likeness (QED) is 0.596. The minimum Gasteiger partial charge on any atom is -0.493 e. The van der Waals surface area contributed by atoms with Crippen LogP contribution in [-0.2, 0) is 19.4 Å². The Balaban J connectivity index is 2.09. The molecular formula is C19H27NO7S. The molecule has 1 aromatic carbocycles. The smallest absolute Gasteiger partial charge is 0.342 e. The standard InChI is InChI=1S/C19H27NO7S/c1-13(2)10-20(14-8-9-28(23,24)12-14)17(21)11-27-19(22)15-6-5-7-16(25-3)18(15)26-4/h5-7,13-14H,8-12H2,1-4H3/t14-/m1/s1. The van der Waals surface area contributed by atoms with Gasteiger partial charge in [0, 0.05) is 12.6 Å². The lowest BCUT2D eigenvalue weighted by molar-refractivity contribution is -0.137. The molecule has 2 rings (SSSR count). The Morgan fingerprint density at radius 3 is 2.46 bits per heavy atom. The van der Waals surface area contributed by atoms with Gasteiger partial charge in [-0.15, -0.1) is 0 Å². The number of hydrogen-bond donors (Lipinski definition) is 0. The van der Waals surface area contributed by atoms with Gasteiger partial charge in [-0.2, -0.15) is 0 Å². The zero-order valence-corrected chi connectivity index (χ0v) is 17.5. The molecule has 1 aromatic rings. The molecule has 1 aliphatic rings. The number of sulfone groups is 1. The molecule has 0 aromatic heterocycles. The van der Waals surface area contributed by atoms with E-state index in [9.17, 15) is 18.0 Å². The van der Waals surface area contributed by atoms with Crippen molar-refractivity contribution < 1.29 is 32.2 Å². The molecule has 0 unspecified atom stereocenters. The molecular weight excluding hydrogens is 386 g/mol. The Labute approximate surface area is 165 Å². The summed E-state index contributed by atoms with van der Waals surface area (Å²) in [6.07, 6.45) is 0.401. The lowest BCUT2D eigenvalue weighted by atomic mass is 10.1. The molecule has 156 valence electrons. The molecule has 1 amide bonds. The summed E-state index contributed by atoms with van der Waals surface area (Å²) in [5, 5.41) is 0. The van der Waals surface area contributed by atoms with Crippen molar-refractivity contribution in [3.63, 3.8) is 0 Å². The van der Waals surface area contributed by atoms with Gasteiger partial charge in [0.25, 0.3) is 5.91 Å². The highest BCUT2D eigenvalue weighted by molar-refractivity contribution is 7.91. The van der Waals surface area contributed by atoms with Crippen LogP contribution in [0.1, 0.15) is 30.6 Å². The van der Waals surface area contributed by atoms with Gasteiger partial charge in [-0.25, -0.2) is 13.2 Å². The van der Waals surface area contributed by atoms with E-state index in [1.165, 1.54) is 25.2 Å². The second kappa shape index (κ2) is 9.27. The molecule has 0 radical (unpaired) electrons. The maximum absolute atomic E-state index is 12.7. The monoisotopic (exact) mass is 413 g/mol. The number of ether oxygens (including phenoxy) is 3. The van der Waals surface area contributed by atoms with Crippen LogP contribution in [0, 0.1) is 5.92 Å². The highest BCUT2D eigenvalue weighted by Gasteiger charge is 2.35. The summed E-state index contributed by atoms with van der Waals surface area (Å²) in [5.74, 6) is -0.354. The fraction of sp³-hybridized carbons (Fsp3) is 0.579. The van der Waals surface area contributed by atoms with Crippen LogP contribution in [0.25, 0.3) is 0 Å². The molecule has 1 heterocycles. The van der Waals surface area contributed by atoms with Crippen LogP contribution in [-0.4, -0.2) is 70.1 Å². The van der Waals surface area contributed by atoms with Gasteiger partial charge < -0.3 is 19.1 Å². The van der Waals surface area contributed by atoms with E-state index < -0.39 is 28.3 Å². The van der Waals surface area contributed by atoms with E-state index in [2.05, 4.69) is 0 Å². The first-order valence-corrected chi connectivity index (χ1v) is 10.9. The number of benzene rings is 1. The average molecular weight is 413 g/mol. The number of carbonyl (C=O) groups excluding carboxylic acids is 2. The summed E-state index contributed by atoms with van der Waals surface area (Å²) in [6, 6.07) is 4.40. The zero-order valence-electron chi connectivity index (χ0n) is 16.6. The SMILES string of the molecule is COc1cccc(C(=O)OCC(=O)N(CC(C)C)[C@@H]2CCS(=O)(=O)C2)c1OC. The maximum Gasteiger partial charge on any atom is 0.342 e. The summed E-state index contributed by atoms with van der Waals surface area (Å²) in [7, 11) is -0.271.